The van der Waals surface area contributed by atoms with Crippen molar-refractivity contribution in [3.05, 3.63) is 99.4 Å². The molecular weight excluding hydrogens is 376 g/mol. The molecule has 4 rings (SSSR count). The van der Waals surface area contributed by atoms with Crippen LogP contribution in [-0.4, -0.2) is 5.97 Å². The number of carbonyl (C=O) groups excluding carboxylic acids is 1. The summed E-state index contributed by atoms with van der Waals surface area (Å²) in [5, 5.41) is 1.22. The summed E-state index contributed by atoms with van der Waals surface area (Å²) in [6.45, 7) is 1.75. The van der Waals surface area contributed by atoms with Gasteiger partial charge in [0.25, 0.3) is 0 Å². The third-order valence-electron chi connectivity index (χ3n) is 4.46. The maximum absolute atomic E-state index is 12.4. The molecule has 0 aliphatic rings. The second-order valence-corrected chi connectivity index (χ2v) is 6.75. The van der Waals surface area contributed by atoms with E-state index >= 15 is 0 Å². The molecule has 138 valence electrons. The van der Waals surface area contributed by atoms with Crippen LogP contribution in [0.3, 0.4) is 0 Å². The van der Waals surface area contributed by atoms with Crippen molar-refractivity contribution in [3.63, 3.8) is 0 Å². The van der Waals surface area contributed by atoms with Crippen molar-refractivity contribution in [1.82, 2.24) is 0 Å². The number of rotatable bonds is 3. The maximum atomic E-state index is 12.4. The Morgan fingerprint density at radius 3 is 2.50 bits per heavy atom. The topological polar surface area (TPSA) is 56.5 Å². The molecule has 1 aromatic heterocycles. The van der Waals surface area contributed by atoms with Gasteiger partial charge in [-0.15, -0.1) is 0 Å². The zero-order valence-corrected chi connectivity index (χ0v) is 15.7. The predicted molar refractivity (Wildman–Crippen MR) is 109 cm³/mol. The van der Waals surface area contributed by atoms with Crippen LogP contribution in [0.1, 0.15) is 15.9 Å². The van der Waals surface area contributed by atoms with Gasteiger partial charge in [0.05, 0.1) is 5.56 Å². The minimum Gasteiger partial charge on any atom is -0.423 e. The van der Waals surface area contributed by atoms with Crippen LogP contribution in [0.2, 0.25) is 5.02 Å². The number of carbonyl (C=O) groups is 1. The van der Waals surface area contributed by atoms with Gasteiger partial charge in [-0.2, -0.15) is 0 Å². The van der Waals surface area contributed by atoms with E-state index in [1.807, 2.05) is 30.3 Å². The van der Waals surface area contributed by atoms with Gasteiger partial charge in [-0.1, -0.05) is 48.0 Å². The number of esters is 1. The molecule has 3 aromatic carbocycles. The van der Waals surface area contributed by atoms with Gasteiger partial charge in [-0.05, 0) is 48.4 Å². The SMILES string of the molecule is Cc1c(OC(=O)c2cccc(Cl)c2)ccc2c(-c3ccccc3)cc(=O)oc12. The molecule has 0 bridgehead atoms. The highest BCUT2D eigenvalue weighted by Crippen LogP contribution is 2.33. The highest BCUT2D eigenvalue weighted by atomic mass is 35.5. The lowest BCUT2D eigenvalue weighted by Gasteiger charge is -2.11. The number of aryl methyl sites for hydroxylation is 1. The average Bonchev–Trinajstić information content (AvgIpc) is 2.70. The van der Waals surface area contributed by atoms with E-state index in [0.29, 0.717) is 27.5 Å². The molecule has 5 heteroatoms. The summed E-state index contributed by atoms with van der Waals surface area (Å²) in [5.74, 6) is -0.211. The molecule has 0 unspecified atom stereocenters. The molecule has 0 saturated heterocycles. The summed E-state index contributed by atoms with van der Waals surface area (Å²) < 4.78 is 11.0. The molecule has 0 N–H and O–H groups in total. The van der Waals surface area contributed by atoms with Crippen molar-refractivity contribution in [3.8, 4) is 16.9 Å². The second-order valence-electron chi connectivity index (χ2n) is 6.31. The number of benzene rings is 3. The molecule has 0 amide bonds. The summed E-state index contributed by atoms with van der Waals surface area (Å²) in [7, 11) is 0. The lowest BCUT2D eigenvalue weighted by atomic mass is 10.0. The second kappa shape index (κ2) is 7.33. The molecule has 0 saturated carbocycles. The first kappa shape index (κ1) is 18.0. The van der Waals surface area contributed by atoms with E-state index in [2.05, 4.69) is 0 Å². The molecule has 0 fully saturated rings. The van der Waals surface area contributed by atoms with Crippen LogP contribution >= 0.6 is 11.6 Å². The third-order valence-corrected chi connectivity index (χ3v) is 4.69. The van der Waals surface area contributed by atoms with Crippen molar-refractivity contribution < 1.29 is 13.9 Å². The molecule has 0 aliphatic carbocycles. The number of hydrogen-bond donors (Lipinski definition) is 0. The Balaban J connectivity index is 1.79. The Hall–Kier alpha value is -3.37. The van der Waals surface area contributed by atoms with E-state index in [1.54, 1.807) is 37.3 Å². The lowest BCUT2D eigenvalue weighted by molar-refractivity contribution is 0.0733. The van der Waals surface area contributed by atoms with Crippen LogP contribution in [0, 0.1) is 6.92 Å². The Morgan fingerprint density at radius 2 is 1.75 bits per heavy atom. The predicted octanol–water partition coefficient (Wildman–Crippen LogP) is 5.64. The fraction of sp³-hybridized carbons (Fsp3) is 0.0435. The van der Waals surface area contributed by atoms with Gasteiger partial charge in [0.2, 0.25) is 0 Å². The van der Waals surface area contributed by atoms with E-state index in [-0.39, 0.29) is 0 Å². The minimum absolute atomic E-state index is 0.325. The molecular formula is C23H15ClO4. The fourth-order valence-corrected chi connectivity index (χ4v) is 3.27. The van der Waals surface area contributed by atoms with Crippen LogP contribution in [0.25, 0.3) is 22.1 Å². The van der Waals surface area contributed by atoms with Crippen LogP contribution in [0.4, 0.5) is 0 Å². The highest BCUT2D eigenvalue weighted by molar-refractivity contribution is 6.30. The standard InChI is InChI=1S/C23H15ClO4/c1-14-20(27-23(26)16-8-5-9-17(24)12-16)11-10-18-19(13-21(25)28-22(14)18)15-6-3-2-4-7-15/h2-13H,1H3. The number of halogens is 1. The van der Waals surface area contributed by atoms with E-state index in [9.17, 15) is 9.59 Å². The summed E-state index contributed by atoms with van der Waals surface area (Å²) in [6.07, 6.45) is 0. The lowest BCUT2D eigenvalue weighted by Crippen LogP contribution is -2.09. The van der Waals surface area contributed by atoms with Crippen molar-refractivity contribution in [2.45, 2.75) is 6.92 Å². The Labute approximate surface area is 166 Å². The largest absolute Gasteiger partial charge is 0.423 e. The summed E-state index contributed by atoms with van der Waals surface area (Å²) in [6, 6.07) is 21.1. The molecule has 0 aliphatic heterocycles. The van der Waals surface area contributed by atoms with Gasteiger partial charge < -0.3 is 9.15 Å². The quantitative estimate of drug-likeness (QED) is 0.258. The molecule has 1 heterocycles. The normalized spacial score (nSPS) is 10.8. The van der Waals surface area contributed by atoms with Crippen LogP contribution in [-0.2, 0) is 0 Å². The maximum Gasteiger partial charge on any atom is 0.343 e. The van der Waals surface area contributed by atoms with Crippen LogP contribution in [0.15, 0.2) is 82.0 Å². The van der Waals surface area contributed by atoms with Crippen molar-refractivity contribution >= 4 is 28.5 Å². The van der Waals surface area contributed by atoms with Gasteiger partial charge in [0.15, 0.2) is 0 Å². The first-order chi connectivity index (χ1) is 13.5. The minimum atomic E-state index is -0.536. The van der Waals surface area contributed by atoms with Gasteiger partial charge >= 0.3 is 11.6 Å². The Kier molecular flexibility index (Phi) is 4.72. The number of ether oxygens (including phenoxy) is 1. The molecule has 4 aromatic rings. The molecule has 0 spiro atoms. The first-order valence-electron chi connectivity index (χ1n) is 8.63. The molecule has 0 radical (unpaired) electrons. The van der Waals surface area contributed by atoms with Gasteiger partial charge in [-0.3, -0.25) is 0 Å². The monoisotopic (exact) mass is 390 g/mol. The van der Waals surface area contributed by atoms with Crippen molar-refractivity contribution in [1.29, 1.82) is 0 Å². The van der Waals surface area contributed by atoms with Gasteiger partial charge in [0.1, 0.15) is 11.3 Å². The van der Waals surface area contributed by atoms with Crippen LogP contribution in [0.5, 0.6) is 5.75 Å². The average molecular weight is 391 g/mol. The summed E-state index contributed by atoms with van der Waals surface area (Å²) >= 11 is 5.94. The zero-order valence-electron chi connectivity index (χ0n) is 14.9. The smallest absolute Gasteiger partial charge is 0.343 e. The highest BCUT2D eigenvalue weighted by Gasteiger charge is 2.16. The first-order valence-corrected chi connectivity index (χ1v) is 9.01. The Bertz CT molecular complexity index is 1240. The van der Waals surface area contributed by atoms with Crippen molar-refractivity contribution in [2.24, 2.45) is 0 Å². The summed E-state index contributed by atoms with van der Waals surface area (Å²) in [5.41, 5.74) is 2.51. The van der Waals surface area contributed by atoms with Crippen LogP contribution < -0.4 is 10.4 Å². The molecule has 0 atom stereocenters. The number of hydrogen-bond acceptors (Lipinski definition) is 4. The van der Waals surface area contributed by atoms with Gasteiger partial charge in [0, 0.05) is 22.0 Å². The third kappa shape index (κ3) is 3.42. The van der Waals surface area contributed by atoms with E-state index in [1.165, 1.54) is 12.1 Å². The Morgan fingerprint density at radius 1 is 0.964 bits per heavy atom. The fourth-order valence-electron chi connectivity index (χ4n) is 3.08. The number of fused-ring (bicyclic) bond motifs is 1. The molecule has 4 nitrogen and oxygen atoms in total. The van der Waals surface area contributed by atoms with E-state index in [0.717, 1.165) is 16.5 Å². The summed E-state index contributed by atoms with van der Waals surface area (Å²) in [4.78, 5) is 24.6. The van der Waals surface area contributed by atoms with E-state index < -0.39 is 11.6 Å². The van der Waals surface area contributed by atoms with E-state index in [4.69, 9.17) is 20.8 Å². The zero-order chi connectivity index (χ0) is 19.7. The molecule has 28 heavy (non-hydrogen) atoms. The van der Waals surface area contributed by atoms with Gasteiger partial charge in [-0.25, -0.2) is 9.59 Å². The van der Waals surface area contributed by atoms with Crippen molar-refractivity contribution in [2.75, 3.05) is 0 Å².